The second-order valence-electron chi connectivity index (χ2n) is 18.0. The molecule has 0 amide bonds. The Morgan fingerprint density at radius 1 is 0.500 bits per heavy atom. The molecule has 0 fully saturated rings. The zero-order chi connectivity index (χ0) is 44.2. The molecular formula is C58H68O2. The average molecular weight is 797 g/mol. The molecule has 1 unspecified atom stereocenters. The fourth-order valence-corrected chi connectivity index (χ4v) is 8.58. The van der Waals surface area contributed by atoms with Crippen LogP contribution in [0.15, 0.2) is 121 Å². The van der Waals surface area contributed by atoms with E-state index in [1.54, 1.807) is 0 Å². The second-order valence-corrected chi connectivity index (χ2v) is 18.0. The quantitative estimate of drug-likeness (QED) is 0.136. The van der Waals surface area contributed by atoms with E-state index in [2.05, 4.69) is 141 Å². The van der Waals surface area contributed by atoms with Crippen LogP contribution in [0, 0.1) is 20.8 Å². The van der Waals surface area contributed by atoms with Gasteiger partial charge >= 0.3 is 0 Å². The Labute approximate surface area is 362 Å². The summed E-state index contributed by atoms with van der Waals surface area (Å²) in [6.07, 6.45) is 3.04. The van der Waals surface area contributed by atoms with Crippen molar-refractivity contribution in [3.05, 3.63) is 199 Å². The summed E-state index contributed by atoms with van der Waals surface area (Å²) in [7, 11) is 0. The van der Waals surface area contributed by atoms with Gasteiger partial charge in [0.25, 0.3) is 0 Å². The molecule has 0 bridgehead atoms. The van der Waals surface area contributed by atoms with E-state index >= 15 is 0 Å². The molecule has 0 radical (unpaired) electrons. The van der Waals surface area contributed by atoms with Gasteiger partial charge in [-0.2, -0.15) is 0 Å². The molecule has 1 aliphatic rings. The molecule has 312 valence electrons. The fraction of sp³-hybridized carbons (Fsp3) is 0.345. The Bertz CT molecular complexity index is 2500. The zero-order valence-corrected chi connectivity index (χ0v) is 39.0. The van der Waals surface area contributed by atoms with Crippen molar-refractivity contribution >= 4 is 11.6 Å². The first kappa shape index (κ1) is 45.7. The van der Waals surface area contributed by atoms with E-state index in [-0.39, 0.29) is 22.4 Å². The zero-order valence-electron chi connectivity index (χ0n) is 39.0. The lowest BCUT2D eigenvalue weighted by Gasteiger charge is -2.35. The van der Waals surface area contributed by atoms with Gasteiger partial charge in [0, 0.05) is 22.3 Å². The lowest BCUT2D eigenvalue weighted by molar-refractivity contribution is 0.102. The van der Waals surface area contributed by atoms with Crippen molar-refractivity contribution in [2.24, 2.45) is 0 Å². The molecule has 6 aromatic carbocycles. The number of carbonyl (C=O) groups excluding carboxylic acids is 2. The summed E-state index contributed by atoms with van der Waals surface area (Å²) >= 11 is 0. The van der Waals surface area contributed by atoms with Crippen molar-refractivity contribution in [1.82, 2.24) is 0 Å². The third-order valence-corrected chi connectivity index (χ3v) is 12.5. The van der Waals surface area contributed by atoms with E-state index in [1.807, 2.05) is 77.1 Å². The number of rotatable bonds is 9. The van der Waals surface area contributed by atoms with E-state index in [0.29, 0.717) is 16.7 Å². The number of carbonyl (C=O) groups is 2. The molecule has 1 aliphatic carbocycles. The van der Waals surface area contributed by atoms with Gasteiger partial charge in [-0.15, -0.1) is 0 Å². The summed E-state index contributed by atoms with van der Waals surface area (Å²) in [6.45, 7) is 30.1. The molecule has 1 atom stereocenters. The van der Waals surface area contributed by atoms with Crippen LogP contribution in [0.3, 0.4) is 0 Å². The van der Waals surface area contributed by atoms with Crippen LogP contribution in [0.2, 0.25) is 0 Å². The molecule has 0 N–H and O–H groups in total. The minimum Gasteiger partial charge on any atom is -0.289 e. The Morgan fingerprint density at radius 3 is 1.42 bits per heavy atom. The Morgan fingerprint density at radius 2 is 0.933 bits per heavy atom. The largest absolute Gasteiger partial charge is 0.289 e. The molecule has 0 spiro atoms. The van der Waals surface area contributed by atoms with Gasteiger partial charge in [0.2, 0.25) is 0 Å². The SMILES string of the molecule is CC.CCC.CCc1ccccc1C(=O)c1cc(C2(c3ccc(C)c(C(=O)c4ccccc4C)c3)c3ccc(C(C)(C)C)cc3-c3cc(C(C)(C)CC)ccc32)ccc1C. The molecule has 60 heavy (non-hydrogen) atoms. The summed E-state index contributed by atoms with van der Waals surface area (Å²) in [5.41, 5.74) is 15.2. The summed E-state index contributed by atoms with van der Waals surface area (Å²) in [5, 5.41) is 0. The number of aryl methyl sites for hydroxylation is 4. The van der Waals surface area contributed by atoms with Gasteiger partial charge in [0.1, 0.15) is 0 Å². The molecule has 0 aliphatic heterocycles. The number of hydrogen-bond acceptors (Lipinski definition) is 2. The van der Waals surface area contributed by atoms with Crippen molar-refractivity contribution in [3.63, 3.8) is 0 Å². The summed E-state index contributed by atoms with van der Waals surface area (Å²) in [4.78, 5) is 29.1. The molecule has 7 rings (SSSR count). The average Bonchev–Trinajstić information content (AvgIpc) is 3.54. The first-order valence-corrected chi connectivity index (χ1v) is 22.3. The second kappa shape index (κ2) is 18.5. The summed E-state index contributed by atoms with van der Waals surface area (Å²) in [5.74, 6) is 0.0537. The van der Waals surface area contributed by atoms with Gasteiger partial charge in [-0.05, 0) is 123 Å². The highest BCUT2D eigenvalue weighted by Crippen LogP contribution is 2.58. The van der Waals surface area contributed by atoms with Crippen molar-refractivity contribution in [1.29, 1.82) is 0 Å². The van der Waals surface area contributed by atoms with Crippen LogP contribution in [0.5, 0.6) is 0 Å². The van der Waals surface area contributed by atoms with Crippen molar-refractivity contribution in [3.8, 4) is 11.1 Å². The van der Waals surface area contributed by atoms with Gasteiger partial charge in [-0.1, -0.05) is 192 Å². The van der Waals surface area contributed by atoms with Gasteiger partial charge in [0.15, 0.2) is 11.6 Å². The van der Waals surface area contributed by atoms with E-state index in [0.717, 1.165) is 57.3 Å². The van der Waals surface area contributed by atoms with Crippen molar-refractivity contribution < 1.29 is 9.59 Å². The summed E-state index contributed by atoms with van der Waals surface area (Å²) in [6, 6.07) is 42.8. The molecule has 0 aromatic heterocycles. The first-order valence-electron chi connectivity index (χ1n) is 22.3. The maximum atomic E-state index is 14.6. The van der Waals surface area contributed by atoms with Crippen LogP contribution in [-0.2, 0) is 22.7 Å². The van der Waals surface area contributed by atoms with E-state index in [4.69, 9.17) is 0 Å². The van der Waals surface area contributed by atoms with E-state index in [9.17, 15) is 9.59 Å². The summed E-state index contributed by atoms with van der Waals surface area (Å²) < 4.78 is 0. The smallest absolute Gasteiger partial charge is 0.193 e. The molecule has 0 saturated heterocycles. The first-order chi connectivity index (χ1) is 28.5. The normalized spacial score (nSPS) is 14.2. The minimum absolute atomic E-state index is 0.0186. The van der Waals surface area contributed by atoms with Crippen molar-refractivity contribution in [2.45, 2.75) is 132 Å². The van der Waals surface area contributed by atoms with Gasteiger partial charge < -0.3 is 0 Å². The fourth-order valence-electron chi connectivity index (χ4n) is 8.58. The Hall–Kier alpha value is -5.34. The molecule has 6 aromatic rings. The van der Waals surface area contributed by atoms with Gasteiger partial charge in [0.05, 0.1) is 5.41 Å². The monoisotopic (exact) mass is 797 g/mol. The highest BCUT2D eigenvalue weighted by Gasteiger charge is 2.47. The third kappa shape index (κ3) is 8.36. The number of fused-ring (bicyclic) bond motifs is 3. The highest BCUT2D eigenvalue weighted by atomic mass is 16.1. The maximum Gasteiger partial charge on any atom is 0.193 e. The molecule has 0 heterocycles. The molecular weight excluding hydrogens is 729 g/mol. The van der Waals surface area contributed by atoms with Crippen LogP contribution >= 0.6 is 0 Å². The van der Waals surface area contributed by atoms with Crippen LogP contribution in [-0.4, -0.2) is 11.6 Å². The maximum absolute atomic E-state index is 14.6. The number of hydrogen-bond donors (Lipinski definition) is 0. The lowest BCUT2D eigenvalue weighted by atomic mass is 9.66. The van der Waals surface area contributed by atoms with Gasteiger partial charge in [-0.25, -0.2) is 0 Å². The minimum atomic E-state index is -0.808. The highest BCUT2D eigenvalue weighted by molar-refractivity contribution is 6.12. The molecule has 2 heteroatoms. The standard InChI is InChI=1S/C53H54O2.C3H8.C2H6/c1-11-36-18-14-16-20-42(36)50(55)44-32-40(24-22-35(44)5)53(39-23-21-34(4)43(31-39)49(54)41-19-15-13-17-33(41)3)47-27-25-37(51(6,7)8)29-45(47)46-30-38(26-28-48(46)53)52(9,10)12-2;1-3-2;1-2/h13-32H,11-12H2,1-10H3;3H2,1-2H3;1-2H3. The predicted molar refractivity (Wildman–Crippen MR) is 256 cm³/mol. The van der Waals surface area contributed by atoms with Crippen molar-refractivity contribution in [2.75, 3.05) is 0 Å². The van der Waals surface area contributed by atoms with E-state index in [1.165, 1.54) is 34.2 Å². The topological polar surface area (TPSA) is 34.1 Å². The molecule has 0 saturated carbocycles. The van der Waals surface area contributed by atoms with Crippen LogP contribution in [0.4, 0.5) is 0 Å². The number of ketones is 2. The Balaban J connectivity index is 0.00000131. The molecule has 2 nitrogen and oxygen atoms in total. The van der Waals surface area contributed by atoms with Crippen LogP contribution in [0.25, 0.3) is 11.1 Å². The third-order valence-electron chi connectivity index (χ3n) is 12.5. The van der Waals surface area contributed by atoms with Gasteiger partial charge in [-0.3, -0.25) is 9.59 Å². The predicted octanol–water partition coefficient (Wildman–Crippen LogP) is 15.4. The lowest BCUT2D eigenvalue weighted by Crippen LogP contribution is -2.30. The Kier molecular flexibility index (Phi) is 14.1. The van der Waals surface area contributed by atoms with E-state index < -0.39 is 5.41 Å². The number of benzene rings is 6. The van der Waals surface area contributed by atoms with Crippen LogP contribution in [0.1, 0.15) is 176 Å². The van der Waals surface area contributed by atoms with Crippen LogP contribution < -0.4 is 0 Å².